The van der Waals surface area contributed by atoms with Crippen LogP contribution >= 0.6 is 0 Å². The van der Waals surface area contributed by atoms with Gasteiger partial charge in [0.25, 0.3) is 0 Å². The van der Waals surface area contributed by atoms with Crippen molar-refractivity contribution in [1.29, 1.82) is 0 Å². The van der Waals surface area contributed by atoms with Crippen LogP contribution in [0.15, 0.2) is 30.3 Å². The summed E-state index contributed by atoms with van der Waals surface area (Å²) in [4.78, 5) is 0. The monoisotopic (exact) mass is 249 g/mol. The Labute approximate surface area is 111 Å². The third-order valence-corrected chi connectivity index (χ3v) is 4.01. The summed E-state index contributed by atoms with van der Waals surface area (Å²) in [6.45, 7) is 6.80. The van der Waals surface area contributed by atoms with E-state index in [1.54, 1.807) is 0 Å². The van der Waals surface area contributed by atoms with Crippen molar-refractivity contribution in [2.45, 2.75) is 51.6 Å². The molecule has 1 aromatic rings. The van der Waals surface area contributed by atoms with E-state index in [1.807, 2.05) is 25.1 Å². The average Bonchev–Trinajstić information content (AvgIpc) is 2.37. The molecule has 0 aliphatic heterocycles. The molecule has 102 valence electrons. The molecule has 0 aliphatic carbocycles. The summed E-state index contributed by atoms with van der Waals surface area (Å²) in [5.41, 5.74) is 6.87. The molecule has 0 aliphatic rings. The standard InChI is InChI=1S/C16H27NO/c1-4-8-13(2)11-16(12-17,14(3)18)15-9-6-5-7-10-15/h5-7,9-10,13-14,18H,4,8,11-12,17H2,1-3H3. The van der Waals surface area contributed by atoms with Gasteiger partial charge in [-0.2, -0.15) is 0 Å². The summed E-state index contributed by atoms with van der Waals surface area (Å²) in [5, 5.41) is 10.3. The van der Waals surface area contributed by atoms with E-state index in [-0.39, 0.29) is 5.41 Å². The second-order valence-corrected chi connectivity index (χ2v) is 5.50. The van der Waals surface area contributed by atoms with Gasteiger partial charge >= 0.3 is 0 Å². The fourth-order valence-corrected chi connectivity index (χ4v) is 2.89. The van der Waals surface area contributed by atoms with E-state index in [0.29, 0.717) is 12.5 Å². The fraction of sp³-hybridized carbons (Fsp3) is 0.625. The van der Waals surface area contributed by atoms with E-state index < -0.39 is 6.10 Å². The summed E-state index contributed by atoms with van der Waals surface area (Å²) in [5.74, 6) is 0.577. The molecule has 3 atom stereocenters. The lowest BCUT2D eigenvalue weighted by Crippen LogP contribution is -2.45. The topological polar surface area (TPSA) is 46.2 Å². The third-order valence-electron chi connectivity index (χ3n) is 4.01. The van der Waals surface area contributed by atoms with Crippen LogP contribution in [0.25, 0.3) is 0 Å². The van der Waals surface area contributed by atoms with Crippen molar-refractivity contribution < 1.29 is 5.11 Å². The molecule has 0 aromatic heterocycles. The predicted octanol–water partition coefficient (Wildman–Crippen LogP) is 3.09. The minimum atomic E-state index is -0.427. The molecule has 1 aromatic carbocycles. The summed E-state index contributed by atoms with van der Waals surface area (Å²) in [6.07, 6.45) is 2.88. The first kappa shape index (κ1) is 15.2. The van der Waals surface area contributed by atoms with Gasteiger partial charge in [-0.25, -0.2) is 0 Å². The molecule has 0 bridgehead atoms. The van der Waals surface area contributed by atoms with Crippen molar-refractivity contribution in [3.63, 3.8) is 0 Å². The molecule has 0 saturated carbocycles. The van der Waals surface area contributed by atoms with Crippen LogP contribution in [0, 0.1) is 5.92 Å². The molecule has 0 heterocycles. The predicted molar refractivity (Wildman–Crippen MR) is 77.5 cm³/mol. The van der Waals surface area contributed by atoms with Gasteiger partial charge in [0.15, 0.2) is 0 Å². The van der Waals surface area contributed by atoms with Gasteiger partial charge in [-0.3, -0.25) is 0 Å². The van der Waals surface area contributed by atoms with E-state index in [2.05, 4.69) is 26.0 Å². The Kier molecular flexibility index (Phi) is 5.83. The van der Waals surface area contributed by atoms with E-state index in [1.165, 1.54) is 12.8 Å². The Balaban J connectivity index is 3.02. The summed E-state index contributed by atoms with van der Waals surface area (Å²) >= 11 is 0. The number of hydrogen-bond acceptors (Lipinski definition) is 2. The molecule has 0 saturated heterocycles. The lowest BCUT2D eigenvalue weighted by atomic mass is 9.70. The van der Waals surface area contributed by atoms with Crippen LogP contribution in [-0.4, -0.2) is 17.8 Å². The van der Waals surface area contributed by atoms with Crippen molar-refractivity contribution in [2.75, 3.05) is 6.54 Å². The molecule has 2 heteroatoms. The van der Waals surface area contributed by atoms with Crippen LogP contribution in [0.1, 0.15) is 45.6 Å². The lowest BCUT2D eigenvalue weighted by Gasteiger charge is -2.38. The molecule has 18 heavy (non-hydrogen) atoms. The van der Waals surface area contributed by atoms with Crippen molar-refractivity contribution >= 4 is 0 Å². The maximum Gasteiger partial charge on any atom is 0.0620 e. The lowest BCUT2D eigenvalue weighted by molar-refractivity contribution is 0.0827. The van der Waals surface area contributed by atoms with Crippen molar-refractivity contribution in [1.82, 2.24) is 0 Å². The fourth-order valence-electron chi connectivity index (χ4n) is 2.89. The quantitative estimate of drug-likeness (QED) is 0.780. The molecule has 3 unspecified atom stereocenters. The third kappa shape index (κ3) is 3.33. The molecule has 1 rings (SSSR count). The number of hydrogen-bond donors (Lipinski definition) is 2. The van der Waals surface area contributed by atoms with Gasteiger partial charge in [-0.05, 0) is 24.8 Å². The maximum atomic E-state index is 10.3. The maximum absolute atomic E-state index is 10.3. The highest BCUT2D eigenvalue weighted by Gasteiger charge is 2.36. The van der Waals surface area contributed by atoms with E-state index in [9.17, 15) is 5.11 Å². The van der Waals surface area contributed by atoms with Crippen LogP contribution < -0.4 is 5.73 Å². The highest BCUT2D eigenvalue weighted by atomic mass is 16.3. The zero-order chi connectivity index (χ0) is 13.6. The molecule has 0 fully saturated rings. The number of aliphatic hydroxyl groups excluding tert-OH is 1. The van der Waals surface area contributed by atoms with E-state index in [0.717, 1.165) is 12.0 Å². The van der Waals surface area contributed by atoms with E-state index >= 15 is 0 Å². The van der Waals surface area contributed by atoms with Crippen molar-refractivity contribution in [2.24, 2.45) is 11.7 Å². The van der Waals surface area contributed by atoms with Gasteiger partial charge in [-0.15, -0.1) is 0 Å². The molecule has 0 radical (unpaired) electrons. The molecule has 0 amide bonds. The highest BCUT2D eigenvalue weighted by molar-refractivity contribution is 5.27. The normalized spacial score (nSPS) is 18.1. The molecular weight excluding hydrogens is 222 g/mol. The van der Waals surface area contributed by atoms with Crippen LogP contribution in [-0.2, 0) is 5.41 Å². The number of benzene rings is 1. The first-order valence-electron chi connectivity index (χ1n) is 7.00. The first-order valence-corrected chi connectivity index (χ1v) is 7.00. The Hall–Kier alpha value is -0.860. The van der Waals surface area contributed by atoms with Gasteiger partial charge in [0.1, 0.15) is 0 Å². The number of nitrogens with two attached hydrogens (primary N) is 1. The molecule has 2 nitrogen and oxygen atoms in total. The van der Waals surface area contributed by atoms with Crippen LogP contribution in [0.5, 0.6) is 0 Å². The smallest absolute Gasteiger partial charge is 0.0620 e. The SMILES string of the molecule is CCCC(C)CC(CN)(c1ccccc1)C(C)O. The molecule has 3 N–H and O–H groups in total. The Morgan fingerprint density at radius 2 is 1.83 bits per heavy atom. The number of rotatable bonds is 7. The average molecular weight is 249 g/mol. The van der Waals surface area contributed by atoms with Crippen LogP contribution in [0.3, 0.4) is 0 Å². The van der Waals surface area contributed by atoms with Gasteiger partial charge in [0.2, 0.25) is 0 Å². The minimum absolute atomic E-state index is 0.310. The number of aliphatic hydroxyl groups is 1. The van der Waals surface area contributed by atoms with Gasteiger partial charge in [-0.1, -0.05) is 57.0 Å². The second-order valence-electron chi connectivity index (χ2n) is 5.50. The minimum Gasteiger partial charge on any atom is -0.392 e. The first-order chi connectivity index (χ1) is 8.56. The van der Waals surface area contributed by atoms with Crippen molar-refractivity contribution in [3.05, 3.63) is 35.9 Å². The Morgan fingerprint density at radius 1 is 1.22 bits per heavy atom. The summed E-state index contributed by atoms with van der Waals surface area (Å²) in [7, 11) is 0. The zero-order valence-corrected chi connectivity index (χ0v) is 11.9. The second kappa shape index (κ2) is 6.91. The largest absolute Gasteiger partial charge is 0.392 e. The summed E-state index contributed by atoms with van der Waals surface area (Å²) < 4.78 is 0. The molecule has 0 spiro atoms. The molecular formula is C16H27NO. The van der Waals surface area contributed by atoms with Gasteiger partial charge in [0.05, 0.1) is 6.10 Å². The Bertz CT molecular complexity index is 336. The van der Waals surface area contributed by atoms with Crippen molar-refractivity contribution in [3.8, 4) is 0 Å². The zero-order valence-electron chi connectivity index (χ0n) is 11.9. The highest BCUT2D eigenvalue weighted by Crippen LogP contribution is 2.35. The van der Waals surface area contributed by atoms with Gasteiger partial charge in [0, 0.05) is 12.0 Å². The van der Waals surface area contributed by atoms with E-state index in [4.69, 9.17) is 5.73 Å². The van der Waals surface area contributed by atoms with Crippen LogP contribution in [0.4, 0.5) is 0 Å². The van der Waals surface area contributed by atoms with Gasteiger partial charge < -0.3 is 10.8 Å². The Morgan fingerprint density at radius 3 is 2.28 bits per heavy atom. The summed E-state index contributed by atoms with van der Waals surface area (Å²) in [6, 6.07) is 10.2. The van der Waals surface area contributed by atoms with Crippen LogP contribution in [0.2, 0.25) is 0 Å².